The average molecular weight is 274 g/mol. The maximum absolute atomic E-state index is 3.59. The molecule has 1 heteroatoms. The summed E-state index contributed by atoms with van der Waals surface area (Å²) >= 11 is 3.59. The van der Waals surface area contributed by atoms with E-state index in [1.165, 1.54) is 22.3 Å². The number of aryl methyl sites for hydroxylation is 3. The van der Waals surface area contributed by atoms with Gasteiger partial charge in [-0.25, -0.2) is 0 Å². The molecule has 2 aromatic carbocycles. The molecule has 0 saturated heterocycles. The van der Waals surface area contributed by atoms with E-state index in [0.717, 1.165) is 10.0 Å². The first kappa shape index (κ1) is 11.4. The van der Waals surface area contributed by atoms with Gasteiger partial charge in [0.1, 0.15) is 0 Å². The van der Waals surface area contributed by atoms with E-state index in [-0.39, 0.29) is 0 Å². The summed E-state index contributed by atoms with van der Waals surface area (Å²) in [6.45, 7) is 6.44. The van der Waals surface area contributed by atoms with Crippen LogP contribution >= 0.6 is 15.9 Å². The van der Waals surface area contributed by atoms with Gasteiger partial charge in [0.15, 0.2) is 0 Å². The Kier molecular flexibility index (Phi) is 3.15. The van der Waals surface area contributed by atoms with Crippen molar-refractivity contribution in [3.05, 3.63) is 57.6 Å². The molecule has 0 spiro atoms. The highest BCUT2D eigenvalue weighted by atomic mass is 79.9. The van der Waals surface area contributed by atoms with Gasteiger partial charge in [0.05, 0.1) is 0 Å². The van der Waals surface area contributed by atoms with Crippen LogP contribution in [0.1, 0.15) is 16.7 Å². The van der Waals surface area contributed by atoms with E-state index in [1.54, 1.807) is 0 Å². The second-order valence-corrected chi connectivity index (χ2v) is 5.02. The van der Waals surface area contributed by atoms with Crippen LogP contribution in [0.25, 0.3) is 11.1 Å². The van der Waals surface area contributed by atoms with Crippen LogP contribution in [-0.4, -0.2) is 0 Å². The molecule has 0 atom stereocenters. The van der Waals surface area contributed by atoms with Crippen LogP contribution in [0, 0.1) is 26.8 Å². The normalized spacial score (nSPS) is 10.5. The lowest BCUT2D eigenvalue weighted by Gasteiger charge is -2.12. The lowest BCUT2D eigenvalue weighted by Crippen LogP contribution is -1.91. The minimum absolute atomic E-state index is 1.10. The summed E-state index contributed by atoms with van der Waals surface area (Å²) in [5.41, 5.74) is 6.36. The highest BCUT2D eigenvalue weighted by molar-refractivity contribution is 9.10. The summed E-state index contributed by atoms with van der Waals surface area (Å²) in [4.78, 5) is 0. The van der Waals surface area contributed by atoms with Gasteiger partial charge in [-0.1, -0.05) is 45.8 Å². The topological polar surface area (TPSA) is 0 Å². The molecule has 0 saturated carbocycles. The maximum atomic E-state index is 3.59. The van der Waals surface area contributed by atoms with Crippen LogP contribution in [0.15, 0.2) is 34.8 Å². The minimum atomic E-state index is 1.10. The minimum Gasteiger partial charge on any atom is -0.0605 e. The fourth-order valence-electron chi connectivity index (χ4n) is 2.18. The molecule has 2 aromatic rings. The van der Waals surface area contributed by atoms with Crippen molar-refractivity contribution in [2.24, 2.45) is 0 Å². The first-order valence-electron chi connectivity index (χ1n) is 5.34. The number of hydrogen-bond acceptors (Lipinski definition) is 0. The molecule has 0 N–H and O–H groups in total. The summed E-state index contributed by atoms with van der Waals surface area (Å²) in [6.07, 6.45) is 0. The third-order valence-corrected chi connectivity index (χ3v) is 3.39. The molecule has 16 heavy (non-hydrogen) atoms. The molecule has 81 valence electrons. The Hall–Kier alpha value is -1.08. The van der Waals surface area contributed by atoms with Crippen molar-refractivity contribution < 1.29 is 0 Å². The zero-order valence-corrected chi connectivity index (χ0v) is 11.4. The van der Waals surface area contributed by atoms with Crippen molar-refractivity contribution in [2.75, 3.05) is 0 Å². The molecule has 0 aliphatic rings. The van der Waals surface area contributed by atoms with Crippen molar-refractivity contribution in [3.63, 3.8) is 0 Å². The standard InChI is InChI=1S/C15H14Br/c1-10-8-11(2)15(12(3)9-10)13-6-4-5-7-14(13)16/h4-5,7-9H,1-3H3. The zero-order chi connectivity index (χ0) is 11.7. The Morgan fingerprint density at radius 1 is 1.06 bits per heavy atom. The van der Waals surface area contributed by atoms with Gasteiger partial charge in [0, 0.05) is 10.0 Å². The number of halogens is 1. The predicted octanol–water partition coefficient (Wildman–Crippen LogP) is 4.84. The third kappa shape index (κ3) is 2.05. The van der Waals surface area contributed by atoms with Gasteiger partial charge < -0.3 is 0 Å². The molecule has 0 aromatic heterocycles. The molecular weight excluding hydrogens is 260 g/mol. The summed E-state index contributed by atoms with van der Waals surface area (Å²) in [5, 5.41) is 0. The van der Waals surface area contributed by atoms with Gasteiger partial charge in [-0.15, -0.1) is 0 Å². The summed E-state index contributed by atoms with van der Waals surface area (Å²) in [7, 11) is 0. The van der Waals surface area contributed by atoms with Gasteiger partial charge in [-0.3, -0.25) is 0 Å². The van der Waals surface area contributed by atoms with E-state index in [0.29, 0.717) is 0 Å². The Bertz CT molecular complexity index is 504. The zero-order valence-electron chi connectivity index (χ0n) is 9.76. The summed E-state index contributed by atoms with van der Waals surface area (Å²) < 4.78 is 1.10. The first-order valence-corrected chi connectivity index (χ1v) is 6.13. The molecule has 0 aliphatic heterocycles. The fourth-order valence-corrected chi connectivity index (χ4v) is 2.65. The smallest absolute Gasteiger partial charge is 0.0260 e. The lowest BCUT2D eigenvalue weighted by molar-refractivity contribution is 1.32. The van der Waals surface area contributed by atoms with E-state index < -0.39 is 0 Å². The molecule has 0 heterocycles. The lowest BCUT2D eigenvalue weighted by atomic mass is 9.94. The van der Waals surface area contributed by atoms with Gasteiger partial charge in [0.25, 0.3) is 0 Å². The molecule has 0 amide bonds. The Labute approximate surface area is 105 Å². The summed E-state index contributed by atoms with van der Waals surface area (Å²) in [5.74, 6) is 0. The molecule has 0 unspecified atom stereocenters. The Morgan fingerprint density at radius 3 is 2.25 bits per heavy atom. The van der Waals surface area contributed by atoms with Crippen molar-refractivity contribution in [3.8, 4) is 11.1 Å². The van der Waals surface area contributed by atoms with Crippen molar-refractivity contribution in [1.29, 1.82) is 0 Å². The van der Waals surface area contributed by atoms with Gasteiger partial charge in [0.2, 0.25) is 0 Å². The number of hydrogen-bond donors (Lipinski definition) is 0. The van der Waals surface area contributed by atoms with Gasteiger partial charge >= 0.3 is 0 Å². The van der Waals surface area contributed by atoms with Gasteiger partial charge in [-0.05, 0) is 49.6 Å². The quantitative estimate of drug-likeness (QED) is 0.698. The predicted molar refractivity (Wildman–Crippen MR) is 72.6 cm³/mol. The maximum Gasteiger partial charge on any atom is 0.0260 e. The number of rotatable bonds is 1. The average Bonchev–Trinajstić information content (AvgIpc) is 2.19. The Morgan fingerprint density at radius 2 is 1.69 bits per heavy atom. The van der Waals surface area contributed by atoms with E-state index in [9.17, 15) is 0 Å². The monoisotopic (exact) mass is 273 g/mol. The Balaban J connectivity index is 2.70. The van der Waals surface area contributed by atoms with Crippen LogP contribution in [0.2, 0.25) is 0 Å². The van der Waals surface area contributed by atoms with Crippen molar-refractivity contribution in [1.82, 2.24) is 0 Å². The molecular formula is C15H14Br. The van der Waals surface area contributed by atoms with Crippen LogP contribution in [-0.2, 0) is 0 Å². The second kappa shape index (κ2) is 4.42. The number of benzene rings is 2. The molecule has 0 bridgehead atoms. The molecule has 0 aliphatic carbocycles. The second-order valence-electron chi connectivity index (χ2n) is 4.17. The molecule has 2 rings (SSSR count). The molecule has 1 radical (unpaired) electrons. The van der Waals surface area contributed by atoms with E-state index in [4.69, 9.17) is 0 Å². The van der Waals surface area contributed by atoms with E-state index in [2.05, 4.69) is 61.0 Å². The first-order chi connectivity index (χ1) is 7.59. The van der Waals surface area contributed by atoms with Crippen molar-refractivity contribution in [2.45, 2.75) is 20.8 Å². The van der Waals surface area contributed by atoms with Crippen LogP contribution in [0.5, 0.6) is 0 Å². The van der Waals surface area contributed by atoms with E-state index >= 15 is 0 Å². The van der Waals surface area contributed by atoms with Crippen LogP contribution < -0.4 is 0 Å². The van der Waals surface area contributed by atoms with Gasteiger partial charge in [-0.2, -0.15) is 0 Å². The van der Waals surface area contributed by atoms with E-state index in [1.807, 2.05) is 12.1 Å². The largest absolute Gasteiger partial charge is 0.0605 e. The third-order valence-electron chi connectivity index (χ3n) is 2.73. The highest BCUT2D eigenvalue weighted by Crippen LogP contribution is 2.33. The SMILES string of the molecule is Cc1cc(C)c(-c2[c]cccc2Br)c(C)c1. The van der Waals surface area contributed by atoms with Crippen molar-refractivity contribution >= 4 is 15.9 Å². The fraction of sp³-hybridized carbons (Fsp3) is 0.200. The molecule has 0 nitrogen and oxygen atoms in total. The molecule has 0 fully saturated rings. The van der Waals surface area contributed by atoms with Crippen LogP contribution in [0.4, 0.5) is 0 Å². The van der Waals surface area contributed by atoms with Crippen LogP contribution in [0.3, 0.4) is 0 Å². The highest BCUT2D eigenvalue weighted by Gasteiger charge is 2.09. The summed E-state index contributed by atoms with van der Waals surface area (Å²) in [6, 6.07) is 13.8.